The second kappa shape index (κ2) is 9.52. The molecule has 0 fully saturated rings. The quantitative estimate of drug-likeness (QED) is 0.525. The van der Waals surface area contributed by atoms with Gasteiger partial charge in [0.25, 0.3) is 0 Å². The number of halogens is 2. The topological polar surface area (TPSA) is 69.0 Å². The van der Waals surface area contributed by atoms with E-state index in [1.165, 1.54) is 11.8 Å². The number of nitrogens with one attached hydrogen (secondary N) is 1. The first kappa shape index (κ1) is 21.5. The lowest BCUT2D eigenvalue weighted by Crippen LogP contribution is -2.28. The zero-order valence-electron chi connectivity index (χ0n) is 16.1. The molecule has 0 aliphatic heterocycles. The number of nitrogens with zero attached hydrogens (tertiary/aromatic N) is 3. The Morgan fingerprint density at radius 2 is 1.90 bits per heavy atom. The van der Waals surface area contributed by atoms with Crippen molar-refractivity contribution in [2.45, 2.75) is 18.1 Å². The van der Waals surface area contributed by atoms with Crippen molar-refractivity contribution in [3.63, 3.8) is 0 Å². The third-order valence-corrected chi connectivity index (χ3v) is 6.10. The van der Waals surface area contributed by atoms with E-state index in [-0.39, 0.29) is 17.7 Å². The fraction of sp³-hybridized carbons (Fsp3) is 0.250. The van der Waals surface area contributed by atoms with Gasteiger partial charge >= 0.3 is 0 Å². The van der Waals surface area contributed by atoms with Crippen molar-refractivity contribution in [1.82, 2.24) is 20.1 Å². The van der Waals surface area contributed by atoms with E-state index in [0.717, 1.165) is 22.7 Å². The molecule has 29 heavy (non-hydrogen) atoms. The summed E-state index contributed by atoms with van der Waals surface area (Å²) in [5, 5.41) is 13.0. The third kappa shape index (κ3) is 5.23. The highest BCUT2D eigenvalue weighted by atomic mass is 35.5. The number of ether oxygens (including phenoxy) is 1. The molecule has 1 heterocycles. The lowest BCUT2D eigenvalue weighted by Gasteiger charge is -2.15. The molecule has 0 spiro atoms. The third-order valence-electron chi connectivity index (χ3n) is 4.34. The first-order chi connectivity index (χ1) is 13.9. The van der Waals surface area contributed by atoms with E-state index in [0.29, 0.717) is 15.2 Å². The Morgan fingerprint density at radius 3 is 2.55 bits per heavy atom. The Balaban J connectivity index is 1.60. The van der Waals surface area contributed by atoms with Gasteiger partial charge in [0.15, 0.2) is 11.0 Å². The number of hydrogen-bond acceptors (Lipinski definition) is 5. The van der Waals surface area contributed by atoms with Gasteiger partial charge in [-0.3, -0.25) is 4.79 Å². The summed E-state index contributed by atoms with van der Waals surface area (Å²) < 4.78 is 7.04. The van der Waals surface area contributed by atoms with Gasteiger partial charge in [-0.05, 0) is 48.9 Å². The van der Waals surface area contributed by atoms with Gasteiger partial charge in [-0.2, -0.15) is 0 Å². The Bertz CT molecular complexity index is 1010. The Kier molecular flexibility index (Phi) is 7.05. The molecule has 9 heteroatoms. The van der Waals surface area contributed by atoms with Crippen LogP contribution in [0.15, 0.2) is 47.6 Å². The van der Waals surface area contributed by atoms with Gasteiger partial charge in [0.05, 0.1) is 28.9 Å². The number of rotatable bonds is 7. The molecule has 2 aromatic carbocycles. The molecule has 1 amide bonds. The number of carbonyl (C=O) groups excluding carboxylic acids is 1. The maximum Gasteiger partial charge on any atom is 0.230 e. The molecule has 0 bridgehead atoms. The molecular formula is C20H20Cl2N4O2S. The molecule has 1 N–H and O–H groups in total. The molecule has 0 aliphatic rings. The van der Waals surface area contributed by atoms with E-state index in [1.807, 2.05) is 48.9 Å². The zero-order chi connectivity index (χ0) is 21.0. The predicted molar refractivity (Wildman–Crippen MR) is 117 cm³/mol. The van der Waals surface area contributed by atoms with Gasteiger partial charge in [-0.1, -0.05) is 41.0 Å². The second-order valence-electron chi connectivity index (χ2n) is 6.35. The van der Waals surface area contributed by atoms with Gasteiger partial charge in [-0.25, -0.2) is 0 Å². The summed E-state index contributed by atoms with van der Waals surface area (Å²) >= 11 is 13.3. The number of methoxy groups -OCH3 is 1. The summed E-state index contributed by atoms with van der Waals surface area (Å²) in [6.07, 6.45) is 0. The number of amides is 1. The first-order valence-corrected chi connectivity index (χ1v) is 10.5. The van der Waals surface area contributed by atoms with Crippen molar-refractivity contribution in [2.75, 3.05) is 12.9 Å². The number of benzene rings is 2. The van der Waals surface area contributed by atoms with E-state index in [2.05, 4.69) is 15.5 Å². The van der Waals surface area contributed by atoms with Crippen LogP contribution in [0.2, 0.25) is 10.0 Å². The van der Waals surface area contributed by atoms with Crippen LogP contribution < -0.4 is 10.1 Å². The van der Waals surface area contributed by atoms with Gasteiger partial charge in [0, 0.05) is 12.6 Å². The largest absolute Gasteiger partial charge is 0.497 e. The molecule has 1 atom stereocenters. The highest BCUT2D eigenvalue weighted by Gasteiger charge is 2.15. The minimum Gasteiger partial charge on any atom is -0.497 e. The van der Waals surface area contributed by atoms with Gasteiger partial charge in [0.2, 0.25) is 5.91 Å². The lowest BCUT2D eigenvalue weighted by molar-refractivity contribution is -0.119. The van der Waals surface area contributed by atoms with Gasteiger partial charge < -0.3 is 14.6 Å². The van der Waals surface area contributed by atoms with Crippen LogP contribution in [-0.2, 0) is 11.8 Å². The second-order valence-corrected chi connectivity index (χ2v) is 8.10. The molecule has 0 aliphatic carbocycles. The highest BCUT2D eigenvalue weighted by molar-refractivity contribution is 7.99. The standard InChI is InChI=1S/C20H20Cl2N4O2S/c1-12(14-6-9-16(21)17(22)10-14)23-18(27)11-29-20-25-24-19(26(20)2)13-4-7-15(28-3)8-5-13/h4-10,12H,11H2,1-3H3,(H,23,27). The molecule has 3 rings (SSSR count). The summed E-state index contributed by atoms with van der Waals surface area (Å²) in [6, 6.07) is 12.7. The van der Waals surface area contributed by atoms with Crippen LogP contribution in [0.3, 0.4) is 0 Å². The molecule has 1 aromatic heterocycles. The summed E-state index contributed by atoms with van der Waals surface area (Å²) in [6.45, 7) is 1.90. The summed E-state index contributed by atoms with van der Waals surface area (Å²) in [5.74, 6) is 1.61. The normalized spacial score (nSPS) is 11.9. The lowest BCUT2D eigenvalue weighted by atomic mass is 10.1. The van der Waals surface area contributed by atoms with E-state index in [9.17, 15) is 4.79 Å². The number of carbonyl (C=O) groups is 1. The molecule has 6 nitrogen and oxygen atoms in total. The van der Waals surface area contributed by atoms with Crippen molar-refractivity contribution in [3.8, 4) is 17.1 Å². The Morgan fingerprint density at radius 1 is 1.17 bits per heavy atom. The number of thioether (sulfide) groups is 1. The van der Waals surface area contributed by atoms with E-state index >= 15 is 0 Å². The van der Waals surface area contributed by atoms with Crippen LogP contribution in [0.4, 0.5) is 0 Å². The molecule has 3 aromatic rings. The molecule has 1 unspecified atom stereocenters. The molecule has 152 valence electrons. The smallest absolute Gasteiger partial charge is 0.230 e. The minimum absolute atomic E-state index is 0.109. The molecular weight excluding hydrogens is 431 g/mol. The maximum absolute atomic E-state index is 12.3. The fourth-order valence-electron chi connectivity index (χ4n) is 2.71. The summed E-state index contributed by atoms with van der Waals surface area (Å²) in [5.41, 5.74) is 1.81. The predicted octanol–water partition coefficient (Wildman–Crippen LogP) is 4.77. The van der Waals surface area contributed by atoms with Crippen LogP contribution >= 0.6 is 35.0 Å². The first-order valence-electron chi connectivity index (χ1n) is 8.80. The SMILES string of the molecule is COc1ccc(-c2nnc(SCC(=O)NC(C)c3ccc(Cl)c(Cl)c3)n2C)cc1. The van der Waals surface area contributed by atoms with Crippen LogP contribution in [0.1, 0.15) is 18.5 Å². The zero-order valence-corrected chi connectivity index (χ0v) is 18.5. The van der Waals surface area contributed by atoms with Crippen LogP contribution in [0, 0.1) is 0 Å². The minimum atomic E-state index is -0.188. The molecule has 0 saturated carbocycles. The van der Waals surface area contributed by atoms with Crippen molar-refractivity contribution in [1.29, 1.82) is 0 Å². The van der Waals surface area contributed by atoms with Crippen molar-refractivity contribution in [2.24, 2.45) is 7.05 Å². The van der Waals surface area contributed by atoms with E-state index in [4.69, 9.17) is 27.9 Å². The average molecular weight is 451 g/mol. The highest BCUT2D eigenvalue weighted by Crippen LogP contribution is 2.26. The Hall–Kier alpha value is -2.22. The van der Waals surface area contributed by atoms with Crippen LogP contribution in [-0.4, -0.2) is 33.5 Å². The summed E-state index contributed by atoms with van der Waals surface area (Å²) in [7, 11) is 3.50. The van der Waals surface area contributed by atoms with Crippen LogP contribution in [0.5, 0.6) is 5.75 Å². The monoisotopic (exact) mass is 450 g/mol. The average Bonchev–Trinajstić information content (AvgIpc) is 3.09. The molecule has 0 saturated heterocycles. The summed E-state index contributed by atoms with van der Waals surface area (Å²) in [4.78, 5) is 12.3. The van der Waals surface area contributed by atoms with Crippen molar-refractivity contribution < 1.29 is 9.53 Å². The Labute approximate surface area is 183 Å². The van der Waals surface area contributed by atoms with Crippen LogP contribution in [0.25, 0.3) is 11.4 Å². The maximum atomic E-state index is 12.3. The van der Waals surface area contributed by atoms with E-state index in [1.54, 1.807) is 19.2 Å². The number of aromatic nitrogens is 3. The van der Waals surface area contributed by atoms with Crippen molar-refractivity contribution >= 4 is 40.9 Å². The van der Waals surface area contributed by atoms with Gasteiger partial charge in [-0.15, -0.1) is 10.2 Å². The van der Waals surface area contributed by atoms with Gasteiger partial charge in [0.1, 0.15) is 5.75 Å². The fourth-order valence-corrected chi connectivity index (χ4v) is 3.74. The van der Waals surface area contributed by atoms with Crippen molar-refractivity contribution in [3.05, 3.63) is 58.1 Å². The number of hydrogen-bond donors (Lipinski definition) is 1. The molecule has 0 radical (unpaired) electrons. The van der Waals surface area contributed by atoms with E-state index < -0.39 is 0 Å².